The first-order valence-corrected chi connectivity index (χ1v) is 5.89. The Balaban J connectivity index is 1.88. The summed E-state index contributed by atoms with van der Waals surface area (Å²) in [6.45, 7) is 0.673. The van der Waals surface area contributed by atoms with E-state index in [-0.39, 0.29) is 5.91 Å². The SMILES string of the molecule is CN(CCc1ccccc1)C(=O)C1(C#N)CC1. The van der Waals surface area contributed by atoms with Crippen molar-refractivity contribution in [3.8, 4) is 6.07 Å². The zero-order chi connectivity index (χ0) is 12.3. The van der Waals surface area contributed by atoms with Gasteiger partial charge in [-0.3, -0.25) is 4.79 Å². The van der Waals surface area contributed by atoms with Gasteiger partial charge in [-0.25, -0.2) is 0 Å². The highest BCUT2D eigenvalue weighted by Crippen LogP contribution is 2.46. The zero-order valence-electron chi connectivity index (χ0n) is 10.0. The number of likely N-dealkylation sites (N-methyl/N-ethyl adjacent to an activating group) is 1. The predicted octanol–water partition coefficient (Wildman–Crippen LogP) is 1.99. The Kier molecular flexibility index (Phi) is 3.14. The van der Waals surface area contributed by atoms with Crippen LogP contribution in [0.5, 0.6) is 0 Å². The molecule has 1 aliphatic rings. The second-order valence-electron chi connectivity index (χ2n) is 4.66. The second kappa shape index (κ2) is 4.58. The second-order valence-corrected chi connectivity index (χ2v) is 4.66. The van der Waals surface area contributed by atoms with Crippen molar-refractivity contribution in [3.05, 3.63) is 35.9 Å². The van der Waals surface area contributed by atoms with Crippen molar-refractivity contribution in [2.75, 3.05) is 13.6 Å². The number of nitrogens with zero attached hydrogens (tertiary/aromatic N) is 2. The van der Waals surface area contributed by atoms with E-state index in [9.17, 15) is 4.79 Å². The van der Waals surface area contributed by atoms with E-state index in [1.165, 1.54) is 5.56 Å². The molecule has 1 fully saturated rings. The van der Waals surface area contributed by atoms with Crippen molar-refractivity contribution in [3.63, 3.8) is 0 Å². The lowest BCUT2D eigenvalue weighted by molar-refractivity contribution is -0.133. The van der Waals surface area contributed by atoms with Crippen LogP contribution in [-0.2, 0) is 11.2 Å². The summed E-state index contributed by atoms with van der Waals surface area (Å²) in [5, 5.41) is 8.96. The van der Waals surface area contributed by atoms with Crippen LogP contribution in [0.4, 0.5) is 0 Å². The van der Waals surface area contributed by atoms with Gasteiger partial charge in [0.25, 0.3) is 0 Å². The summed E-state index contributed by atoms with van der Waals surface area (Å²) >= 11 is 0. The van der Waals surface area contributed by atoms with Crippen LogP contribution in [0.1, 0.15) is 18.4 Å². The van der Waals surface area contributed by atoms with Gasteiger partial charge in [0, 0.05) is 13.6 Å². The molecule has 0 heterocycles. The van der Waals surface area contributed by atoms with E-state index in [1.54, 1.807) is 11.9 Å². The summed E-state index contributed by atoms with van der Waals surface area (Å²) in [5.74, 6) is -0.0177. The maximum atomic E-state index is 12.0. The third-order valence-corrected chi connectivity index (χ3v) is 3.30. The van der Waals surface area contributed by atoms with E-state index in [2.05, 4.69) is 18.2 Å². The molecule has 0 bridgehead atoms. The number of amides is 1. The van der Waals surface area contributed by atoms with Crippen LogP contribution < -0.4 is 0 Å². The van der Waals surface area contributed by atoms with Gasteiger partial charge in [-0.05, 0) is 24.8 Å². The summed E-state index contributed by atoms with van der Waals surface area (Å²) < 4.78 is 0. The van der Waals surface area contributed by atoms with Crippen molar-refractivity contribution in [1.29, 1.82) is 5.26 Å². The minimum absolute atomic E-state index is 0.0177. The molecule has 1 aromatic carbocycles. The van der Waals surface area contributed by atoms with E-state index in [4.69, 9.17) is 5.26 Å². The van der Waals surface area contributed by atoms with E-state index in [1.807, 2.05) is 18.2 Å². The number of nitriles is 1. The molecule has 0 unspecified atom stereocenters. The Hall–Kier alpha value is -1.82. The summed E-state index contributed by atoms with van der Waals surface area (Å²) in [6.07, 6.45) is 2.28. The third kappa shape index (κ3) is 2.47. The van der Waals surface area contributed by atoms with Crippen LogP contribution in [0.3, 0.4) is 0 Å². The van der Waals surface area contributed by atoms with Crippen molar-refractivity contribution >= 4 is 5.91 Å². The molecule has 17 heavy (non-hydrogen) atoms. The standard InChI is InChI=1S/C14H16N2O/c1-16(13(17)14(11-15)8-9-14)10-7-12-5-3-2-4-6-12/h2-6H,7-10H2,1H3. The van der Waals surface area contributed by atoms with Gasteiger partial charge in [0.05, 0.1) is 6.07 Å². The number of carbonyl (C=O) groups is 1. The van der Waals surface area contributed by atoms with Crippen LogP contribution >= 0.6 is 0 Å². The molecule has 0 N–H and O–H groups in total. The Labute approximate surface area is 102 Å². The molecule has 3 heteroatoms. The normalized spacial score (nSPS) is 16.0. The van der Waals surface area contributed by atoms with Gasteiger partial charge in [-0.15, -0.1) is 0 Å². The van der Waals surface area contributed by atoms with Crippen LogP contribution in [-0.4, -0.2) is 24.4 Å². The molecule has 88 valence electrons. The maximum Gasteiger partial charge on any atom is 0.242 e. The first-order chi connectivity index (χ1) is 8.18. The first kappa shape index (κ1) is 11.7. The Morgan fingerprint density at radius 3 is 2.59 bits per heavy atom. The summed E-state index contributed by atoms with van der Waals surface area (Å²) in [4.78, 5) is 13.7. The molecule has 1 saturated carbocycles. The van der Waals surface area contributed by atoms with Gasteiger partial charge in [-0.2, -0.15) is 5.26 Å². The molecule has 0 atom stereocenters. The molecular formula is C14H16N2O. The van der Waals surface area contributed by atoms with Crippen LogP contribution in [0.25, 0.3) is 0 Å². The minimum atomic E-state index is -0.689. The summed E-state index contributed by atoms with van der Waals surface area (Å²) in [7, 11) is 1.78. The van der Waals surface area contributed by atoms with E-state index >= 15 is 0 Å². The van der Waals surface area contributed by atoms with Gasteiger partial charge < -0.3 is 4.90 Å². The molecule has 1 amide bonds. The number of hydrogen-bond acceptors (Lipinski definition) is 2. The number of rotatable bonds is 4. The lowest BCUT2D eigenvalue weighted by atomic mass is 10.1. The van der Waals surface area contributed by atoms with Crippen LogP contribution in [0.15, 0.2) is 30.3 Å². The van der Waals surface area contributed by atoms with E-state index in [0.29, 0.717) is 6.54 Å². The summed E-state index contributed by atoms with van der Waals surface area (Å²) in [5.41, 5.74) is 0.528. The highest BCUT2D eigenvalue weighted by Gasteiger charge is 2.51. The van der Waals surface area contributed by atoms with Crippen LogP contribution in [0.2, 0.25) is 0 Å². The van der Waals surface area contributed by atoms with Gasteiger partial charge >= 0.3 is 0 Å². The lowest BCUT2D eigenvalue weighted by Gasteiger charge is -2.19. The van der Waals surface area contributed by atoms with E-state index < -0.39 is 5.41 Å². The fourth-order valence-corrected chi connectivity index (χ4v) is 1.91. The van der Waals surface area contributed by atoms with Crippen molar-refractivity contribution in [1.82, 2.24) is 4.90 Å². The topological polar surface area (TPSA) is 44.1 Å². The number of hydrogen-bond donors (Lipinski definition) is 0. The van der Waals surface area contributed by atoms with Gasteiger partial charge in [0.1, 0.15) is 5.41 Å². The number of benzene rings is 1. The van der Waals surface area contributed by atoms with Crippen molar-refractivity contribution in [2.24, 2.45) is 5.41 Å². The molecule has 0 spiro atoms. The average molecular weight is 228 g/mol. The van der Waals surface area contributed by atoms with Crippen LogP contribution in [0, 0.1) is 16.7 Å². The molecule has 0 saturated heterocycles. The van der Waals surface area contributed by atoms with Gasteiger partial charge in [0.2, 0.25) is 5.91 Å². The highest BCUT2D eigenvalue weighted by atomic mass is 16.2. The molecule has 3 nitrogen and oxygen atoms in total. The van der Waals surface area contributed by atoms with E-state index in [0.717, 1.165) is 19.3 Å². The monoisotopic (exact) mass is 228 g/mol. The smallest absolute Gasteiger partial charge is 0.242 e. The third-order valence-electron chi connectivity index (χ3n) is 3.30. The van der Waals surface area contributed by atoms with Crippen molar-refractivity contribution < 1.29 is 4.79 Å². The molecule has 0 aliphatic heterocycles. The molecule has 1 aromatic rings. The summed E-state index contributed by atoms with van der Waals surface area (Å²) in [6, 6.07) is 12.2. The Morgan fingerprint density at radius 1 is 1.41 bits per heavy atom. The van der Waals surface area contributed by atoms with Gasteiger partial charge in [-0.1, -0.05) is 30.3 Å². The maximum absolute atomic E-state index is 12.0. The molecule has 0 aromatic heterocycles. The quantitative estimate of drug-likeness (QED) is 0.791. The molecule has 2 rings (SSSR count). The first-order valence-electron chi connectivity index (χ1n) is 5.89. The fourth-order valence-electron chi connectivity index (χ4n) is 1.91. The largest absolute Gasteiger partial charge is 0.344 e. The highest BCUT2D eigenvalue weighted by molar-refractivity contribution is 5.88. The molecule has 0 radical (unpaired) electrons. The average Bonchev–Trinajstić information content (AvgIpc) is 3.17. The van der Waals surface area contributed by atoms with Gasteiger partial charge in [0.15, 0.2) is 0 Å². The Morgan fingerprint density at radius 2 is 2.06 bits per heavy atom. The number of carbonyl (C=O) groups excluding carboxylic acids is 1. The molecular weight excluding hydrogens is 212 g/mol. The predicted molar refractivity (Wildman–Crippen MR) is 65.1 cm³/mol. The fraction of sp³-hybridized carbons (Fsp3) is 0.429. The molecule has 1 aliphatic carbocycles. The minimum Gasteiger partial charge on any atom is -0.344 e. The zero-order valence-corrected chi connectivity index (χ0v) is 10.0. The Bertz CT molecular complexity index is 443. The van der Waals surface area contributed by atoms with Crippen molar-refractivity contribution in [2.45, 2.75) is 19.3 Å². The lowest BCUT2D eigenvalue weighted by Crippen LogP contribution is -2.34.